The fourth-order valence-corrected chi connectivity index (χ4v) is 2.58. The van der Waals surface area contributed by atoms with Gasteiger partial charge in [-0.3, -0.25) is 20.4 Å². The van der Waals surface area contributed by atoms with Crippen molar-refractivity contribution in [2.75, 3.05) is 0 Å². The minimum atomic E-state index is -1.42. The highest BCUT2D eigenvalue weighted by atomic mass is 79.9. The maximum atomic E-state index is 13.1. The van der Waals surface area contributed by atoms with Crippen molar-refractivity contribution in [3.8, 4) is 0 Å². The van der Waals surface area contributed by atoms with Crippen molar-refractivity contribution in [1.29, 1.82) is 0 Å². The Morgan fingerprint density at radius 1 is 1.25 bits per heavy atom. The zero-order chi connectivity index (χ0) is 14.8. The summed E-state index contributed by atoms with van der Waals surface area (Å²) in [7, 11) is 0. The van der Waals surface area contributed by atoms with Crippen LogP contribution in [0.1, 0.15) is 36.0 Å². The number of carbonyl (C=O) groups is 2. The van der Waals surface area contributed by atoms with Crippen molar-refractivity contribution in [1.82, 2.24) is 10.9 Å². The van der Waals surface area contributed by atoms with E-state index in [1.807, 2.05) is 0 Å². The van der Waals surface area contributed by atoms with Gasteiger partial charge in [-0.05, 0) is 59.8 Å². The molecule has 20 heavy (non-hydrogen) atoms. The molecule has 0 unspecified atom stereocenters. The molecule has 1 aliphatic rings. The molecule has 1 aromatic carbocycles. The van der Waals surface area contributed by atoms with Crippen LogP contribution in [0.2, 0.25) is 0 Å². The highest BCUT2D eigenvalue weighted by molar-refractivity contribution is 9.10. The summed E-state index contributed by atoms with van der Waals surface area (Å²) in [4.78, 5) is 23.6. The first-order valence-electron chi connectivity index (χ1n) is 6.20. The normalized spacial score (nSPS) is 16.8. The number of amides is 2. The van der Waals surface area contributed by atoms with Crippen LogP contribution >= 0.6 is 15.9 Å². The van der Waals surface area contributed by atoms with E-state index in [9.17, 15) is 19.1 Å². The highest BCUT2D eigenvalue weighted by Crippen LogP contribution is 2.29. The van der Waals surface area contributed by atoms with Crippen LogP contribution in [0.15, 0.2) is 22.7 Å². The van der Waals surface area contributed by atoms with Crippen molar-refractivity contribution in [2.45, 2.75) is 31.3 Å². The van der Waals surface area contributed by atoms with E-state index in [1.54, 1.807) is 0 Å². The van der Waals surface area contributed by atoms with Crippen molar-refractivity contribution in [3.63, 3.8) is 0 Å². The summed E-state index contributed by atoms with van der Waals surface area (Å²) >= 11 is 3.13. The minimum Gasteiger partial charge on any atom is -0.380 e. The van der Waals surface area contributed by atoms with Gasteiger partial charge >= 0.3 is 0 Å². The summed E-state index contributed by atoms with van der Waals surface area (Å²) in [6, 6.07) is 3.66. The van der Waals surface area contributed by atoms with E-state index in [0.717, 1.165) is 18.9 Å². The average Bonchev–Trinajstić information content (AvgIpc) is 2.86. The van der Waals surface area contributed by atoms with E-state index in [0.29, 0.717) is 17.3 Å². The lowest BCUT2D eigenvalue weighted by Crippen LogP contribution is -2.52. The van der Waals surface area contributed by atoms with Gasteiger partial charge in [0.2, 0.25) is 0 Å². The molecule has 0 saturated heterocycles. The fourth-order valence-electron chi connectivity index (χ4n) is 2.16. The molecule has 3 N–H and O–H groups in total. The van der Waals surface area contributed by atoms with Crippen LogP contribution < -0.4 is 10.9 Å². The molecular formula is C13H14BrFN2O3. The second kappa shape index (κ2) is 5.88. The van der Waals surface area contributed by atoms with Gasteiger partial charge in [0.15, 0.2) is 0 Å². The third-order valence-corrected chi connectivity index (χ3v) is 4.01. The van der Waals surface area contributed by atoms with Crippen LogP contribution in [0.3, 0.4) is 0 Å². The van der Waals surface area contributed by atoms with Crippen LogP contribution in [0, 0.1) is 5.82 Å². The Morgan fingerprint density at radius 3 is 2.55 bits per heavy atom. The SMILES string of the molecule is O=C(NNC(=O)C1(O)CCCC1)c1cc(F)ccc1Br. The summed E-state index contributed by atoms with van der Waals surface area (Å²) in [5.41, 5.74) is 2.99. The molecule has 0 heterocycles. The van der Waals surface area contributed by atoms with E-state index in [-0.39, 0.29) is 5.56 Å². The van der Waals surface area contributed by atoms with Gasteiger partial charge < -0.3 is 5.11 Å². The van der Waals surface area contributed by atoms with Crippen molar-refractivity contribution in [2.24, 2.45) is 0 Å². The quantitative estimate of drug-likeness (QED) is 0.714. The second-order valence-corrected chi connectivity index (χ2v) is 5.63. The van der Waals surface area contributed by atoms with Crippen LogP contribution in [-0.2, 0) is 4.79 Å². The Bertz CT molecular complexity index is 544. The van der Waals surface area contributed by atoms with Gasteiger partial charge in [-0.25, -0.2) is 4.39 Å². The van der Waals surface area contributed by atoms with Crippen molar-refractivity contribution in [3.05, 3.63) is 34.1 Å². The number of benzene rings is 1. The van der Waals surface area contributed by atoms with E-state index in [4.69, 9.17) is 0 Å². The molecule has 0 spiro atoms. The van der Waals surface area contributed by atoms with Gasteiger partial charge in [0.1, 0.15) is 11.4 Å². The molecule has 2 amide bonds. The van der Waals surface area contributed by atoms with Crippen molar-refractivity contribution < 1.29 is 19.1 Å². The first kappa shape index (κ1) is 14.9. The maximum absolute atomic E-state index is 13.1. The van der Waals surface area contributed by atoms with Crippen LogP contribution in [0.4, 0.5) is 4.39 Å². The summed E-state index contributed by atoms with van der Waals surface area (Å²) in [5, 5.41) is 10.0. The van der Waals surface area contributed by atoms with Crippen molar-refractivity contribution >= 4 is 27.7 Å². The topological polar surface area (TPSA) is 78.4 Å². The smallest absolute Gasteiger partial charge is 0.270 e. The Kier molecular flexibility index (Phi) is 4.39. The van der Waals surface area contributed by atoms with Gasteiger partial charge in [0.25, 0.3) is 11.8 Å². The molecule has 0 bridgehead atoms. The van der Waals surface area contributed by atoms with Crippen LogP contribution in [0.5, 0.6) is 0 Å². The lowest BCUT2D eigenvalue weighted by atomic mass is 10.0. The van der Waals surface area contributed by atoms with Gasteiger partial charge in [0, 0.05) is 4.47 Å². The largest absolute Gasteiger partial charge is 0.380 e. The molecule has 0 aromatic heterocycles. The molecule has 1 fully saturated rings. The molecule has 108 valence electrons. The third-order valence-electron chi connectivity index (χ3n) is 3.32. The number of rotatable bonds is 2. The summed E-state index contributed by atoms with van der Waals surface area (Å²) < 4.78 is 13.5. The molecule has 1 aliphatic carbocycles. The van der Waals surface area contributed by atoms with E-state index in [1.165, 1.54) is 12.1 Å². The number of aliphatic hydroxyl groups is 1. The van der Waals surface area contributed by atoms with Gasteiger partial charge in [0.05, 0.1) is 5.56 Å². The second-order valence-electron chi connectivity index (χ2n) is 4.77. The lowest BCUT2D eigenvalue weighted by molar-refractivity contribution is -0.139. The number of carbonyl (C=O) groups excluding carboxylic acids is 2. The fraction of sp³-hybridized carbons (Fsp3) is 0.385. The Hall–Kier alpha value is -1.47. The van der Waals surface area contributed by atoms with Gasteiger partial charge in [-0.1, -0.05) is 0 Å². The molecule has 1 saturated carbocycles. The Balaban J connectivity index is 1.98. The third kappa shape index (κ3) is 3.16. The highest BCUT2D eigenvalue weighted by Gasteiger charge is 2.39. The monoisotopic (exact) mass is 344 g/mol. The molecular weight excluding hydrogens is 331 g/mol. The summed E-state index contributed by atoms with van der Waals surface area (Å²) in [6.45, 7) is 0. The molecule has 5 nitrogen and oxygen atoms in total. The van der Waals surface area contributed by atoms with E-state index >= 15 is 0 Å². The van der Waals surface area contributed by atoms with Crippen LogP contribution in [0.25, 0.3) is 0 Å². The predicted molar refractivity (Wildman–Crippen MR) is 73.1 cm³/mol. The molecule has 1 aromatic rings. The zero-order valence-corrected chi connectivity index (χ0v) is 12.2. The molecule has 2 rings (SSSR count). The number of nitrogens with one attached hydrogen (secondary N) is 2. The molecule has 0 atom stereocenters. The number of hydrazine groups is 1. The van der Waals surface area contributed by atoms with E-state index in [2.05, 4.69) is 26.8 Å². The minimum absolute atomic E-state index is 0.0590. The molecule has 0 radical (unpaired) electrons. The van der Waals surface area contributed by atoms with Crippen LogP contribution in [-0.4, -0.2) is 22.5 Å². The first-order valence-corrected chi connectivity index (χ1v) is 7.00. The zero-order valence-electron chi connectivity index (χ0n) is 10.6. The first-order chi connectivity index (χ1) is 9.42. The van der Waals surface area contributed by atoms with E-state index < -0.39 is 23.2 Å². The maximum Gasteiger partial charge on any atom is 0.270 e. The standard InChI is InChI=1S/C13H14BrFN2O3/c14-10-4-3-8(15)7-9(10)11(18)16-17-12(19)13(20)5-1-2-6-13/h3-4,7,20H,1-2,5-6H2,(H,16,18)(H,17,19). The predicted octanol–water partition coefficient (Wildman–Crippen LogP) is 1.65. The summed E-state index contributed by atoms with van der Waals surface area (Å²) in [5.74, 6) is -1.86. The summed E-state index contributed by atoms with van der Waals surface area (Å²) in [6.07, 6.45) is 2.29. The number of halogens is 2. The Labute approximate surface area is 123 Å². The van der Waals surface area contributed by atoms with Gasteiger partial charge in [-0.15, -0.1) is 0 Å². The van der Waals surface area contributed by atoms with Gasteiger partial charge in [-0.2, -0.15) is 0 Å². The Morgan fingerprint density at radius 2 is 1.90 bits per heavy atom. The molecule has 7 heteroatoms. The number of hydrogen-bond acceptors (Lipinski definition) is 3. The lowest BCUT2D eigenvalue weighted by Gasteiger charge is -2.21. The molecule has 0 aliphatic heterocycles. The number of hydrogen-bond donors (Lipinski definition) is 3. The average molecular weight is 345 g/mol.